The van der Waals surface area contributed by atoms with Crippen LogP contribution in [0.5, 0.6) is 0 Å². The van der Waals surface area contributed by atoms with E-state index in [1.807, 2.05) is 30.7 Å². The third-order valence-corrected chi connectivity index (χ3v) is 2.17. The van der Waals surface area contributed by atoms with E-state index < -0.39 is 0 Å². The molecule has 1 aromatic heterocycles. The van der Waals surface area contributed by atoms with Gasteiger partial charge in [-0.2, -0.15) is 0 Å². The Kier molecular flexibility index (Phi) is 3.56. The molecule has 0 saturated carbocycles. The van der Waals surface area contributed by atoms with Crippen molar-refractivity contribution < 1.29 is 4.79 Å². The van der Waals surface area contributed by atoms with E-state index in [2.05, 4.69) is 11.2 Å². The number of terminal acetylenes is 1. The number of nitrogens with one attached hydrogen (secondary N) is 1. The molecule has 0 spiro atoms. The highest BCUT2D eigenvalue weighted by Crippen LogP contribution is 2.10. The first-order chi connectivity index (χ1) is 7.06. The maximum Gasteiger partial charge on any atom is 0.268 e. The van der Waals surface area contributed by atoms with Gasteiger partial charge in [0.2, 0.25) is 0 Å². The van der Waals surface area contributed by atoms with Gasteiger partial charge < -0.3 is 9.88 Å². The predicted octanol–water partition coefficient (Wildman–Crippen LogP) is 1.82. The Balaban J connectivity index is 2.83. The molecule has 3 heteroatoms. The molecule has 15 heavy (non-hydrogen) atoms. The summed E-state index contributed by atoms with van der Waals surface area (Å²) in [7, 11) is 0. The number of carbonyl (C=O) groups is 1. The quantitative estimate of drug-likeness (QED) is 0.749. The van der Waals surface area contributed by atoms with E-state index in [0.717, 1.165) is 0 Å². The van der Waals surface area contributed by atoms with Crippen molar-refractivity contribution in [1.29, 1.82) is 0 Å². The fourth-order valence-corrected chi connectivity index (χ4v) is 1.35. The zero-order chi connectivity index (χ0) is 11.4. The molecule has 0 fully saturated rings. The third kappa shape index (κ3) is 2.63. The standard InChI is InChI=1S/C12H16N2O/c1-5-10(4)13-12(15)11-7-6-8-14(11)9(2)3/h1,6-10H,2-4H3,(H,13,15). The Labute approximate surface area is 90.5 Å². The summed E-state index contributed by atoms with van der Waals surface area (Å²) in [6.45, 7) is 5.84. The predicted molar refractivity (Wildman–Crippen MR) is 60.6 cm³/mol. The molecule has 0 aliphatic carbocycles. The van der Waals surface area contributed by atoms with Gasteiger partial charge in [0.15, 0.2) is 0 Å². The first-order valence-corrected chi connectivity index (χ1v) is 5.00. The summed E-state index contributed by atoms with van der Waals surface area (Å²) in [6, 6.07) is 3.67. The van der Waals surface area contributed by atoms with Crippen molar-refractivity contribution >= 4 is 5.91 Å². The number of hydrogen-bond acceptors (Lipinski definition) is 1. The van der Waals surface area contributed by atoms with Crippen LogP contribution in [0, 0.1) is 12.3 Å². The van der Waals surface area contributed by atoms with Crippen LogP contribution < -0.4 is 5.32 Å². The van der Waals surface area contributed by atoms with Crippen molar-refractivity contribution in [2.75, 3.05) is 0 Å². The second-order valence-electron chi connectivity index (χ2n) is 3.76. The molecule has 0 aromatic carbocycles. The maximum atomic E-state index is 11.8. The van der Waals surface area contributed by atoms with E-state index in [1.54, 1.807) is 13.0 Å². The minimum absolute atomic E-state index is 0.126. The number of carbonyl (C=O) groups excluding carboxylic acids is 1. The van der Waals surface area contributed by atoms with Crippen LogP contribution in [0.1, 0.15) is 37.3 Å². The second-order valence-corrected chi connectivity index (χ2v) is 3.76. The molecule has 1 N–H and O–H groups in total. The van der Waals surface area contributed by atoms with Gasteiger partial charge in [0.1, 0.15) is 5.69 Å². The first-order valence-electron chi connectivity index (χ1n) is 5.00. The lowest BCUT2D eigenvalue weighted by atomic mass is 10.3. The Hall–Kier alpha value is -1.69. The molecule has 3 nitrogen and oxygen atoms in total. The Morgan fingerprint density at radius 2 is 2.20 bits per heavy atom. The van der Waals surface area contributed by atoms with Crippen LogP contribution in [0.15, 0.2) is 18.3 Å². The van der Waals surface area contributed by atoms with E-state index >= 15 is 0 Å². The average molecular weight is 204 g/mol. The van der Waals surface area contributed by atoms with Crippen molar-refractivity contribution in [3.63, 3.8) is 0 Å². The monoisotopic (exact) mass is 204 g/mol. The van der Waals surface area contributed by atoms with Gasteiger partial charge in [-0.15, -0.1) is 6.42 Å². The van der Waals surface area contributed by atoms with Gasteiger partial charge >= 0.3 is 0 Å². The fraction of sp³-hybridized carbons (Fsp3) is 0.417. The summed E-state index contributed by atoms with van der Waals surface area (Å²) in [5.74, 6) is 2.34. The van der Waals surface area contributed by atoms with Crippen LogP contribution in [-0.4, -0.2) is 16.5 Å². The summed E-state index contributed by atoms with van der Waals surface area (Å²) >= 11 is 0. The molecule has 0 aliphatic heterocycles. The van der Waals surface area contributed by atoms with E-state index in [1.165, 1.54) is 0 Å². The normalized spacial score (nSPS) is 12.2. The number of rotatable bonds is 3. The van der Waals surface area contributed by atoms with Gasteiger partial charge in [0, 0.05) is 12.2 Å². The van der Waals surface area contributed by atoms with Gasteiger partial charge in [-0.25, -0.2) is 0 Å². The maximum absolute atomic E-state index is 11.8. The number of hydrogen-bond donors (Lipinski definition) is 1. The molecule has 0 radical (unpaired) electrons. The molecular weight excluding hydrogens is 188 g/mol. The fourth-order valence-electron chi connectivity index (χ4n) is 1.35. The van der Waals surface area contributed by atoms with Gasteiger partial charge in [0.25, 0.3) is 5.91 Å². The minimum Gasteiger partial charge on any atom is -0.341 e. The summed E-state index contributed by atoms with van der Waals surface area (Å²) in [6.07, 6.45) is 7.09. The van der Waals surface area contributed by atoms with Crippen LogP contribution in [0.3, 0.4) is 0 Å². The van der Waals surface area contributed by atoms with Crippen molar-refractivity contribution in [2.24, 2.45) is 0 Å². The third-order valence-electron chi connectivity index (χ3n) is 2.17. The molecule has 0 bridgehead atoms. The zero-order valence-corrected chi connectivity index (χ0v) is 9.32. The average Bonchev–Trinajstić information content (AvgIpc) is 2.65. The van der Waals surface area contributed by atoms with E-state index in [-0.39, 0.29) is 18.0 Å². The Bertz CT molecular complexity index is 385. The highest BCUT2D eigenvalue weighted by atomic mass is 16.2. The van der Waals surface area contributed by atoms with E-state index in [9.17, 15) is 4.79 Å². The molecular formula is C12H16N2O. The SMILES string of the molecule is C#CC(C)NC(=O)c1cccn1C(C)C. The van der Waals surface area contributed by atoms with Crippen LogP contribution in [0.25, 0.3) is 0 Å². The number of amides is 1. The van der Waals surface area contributed by atoms with E-state index in [0.29, 0.717) is 5.69 Å². The zero-order valence-electron chi connectivity index (χ0n) is 9.32. The van der Waals surface area contributed by atoms with Crippen LogP contribution in [0.4, 0.5) is 0 Å². The summed E-state index contributed by atoms with van der Waals surface area (Å²) in [4.78, 5) is 11.8. The lowest BCUT2D eigenvalue weighted by Gasteiger charge is -2.13. The summed E-state index contributed by atoms with van der Waals surface area (Å²) in [5.41, 5.74) is 0.645. The van der Waals surface area contributed by atoms with Crippen molar-refractivity contribution in [1.82, 2.24) is 9.88 Å². The lowest BCUT2D eigenvalue weighted by Crippen LogP contribution is -2.32. The van der Waals surface area contributed by atoms with Crippen molar-refractivity contribution in [3.05, 3.63) is 24.0 Å². The van der Waals surface area contributed by atoms with Crippen LogP contribution in [0.2, 0.25) is 0 Å². The van der Waals surface area contributed by atoms with Crippen molar-refractivity contribution in [2.45, 2.75) is 32.9 Å². The first kappa shape index (κ1) is 11.4. The van der Waals surface area contributed by atoms with Crippen LogP contribution in [-0.2, 0) is 0 Å². The van der Waals surface area contributed by atoms with Gasteiger partial charge in [-0.1, -0.05) is 5.92 Å². The largest absolute Gasteiger partial charge is 0.341 e. The lowest BCUT2D eigenvalue weighted by molar-refractivity contribution is 0.0937. The molecule has 0 saturated heterocycles. The van der Waals surface area contributed by atoms with Gasteiger partial charge in [0.05, 0.1) is 6.04 Å². The highest BCUT2D eigenvalue weighted by molar-refractivity contribution is 5.93. The molecule has 1 unspecified atom stereocenters. The molecule has 1 rings (SSSR count). The number of nitrogens with zero attached hydrogens (tertiary/aromatic N) is 1. The highest BCUT2D eigenvalue weighted by Gasteiger charge is 2.13. The summed E-state index contributed by atoms with van der Waals surface area (Å²) < 4.78 is 1.92. The molecule has 1 heterocycles. The molecule has 80 valence electrons. The Morgan fingerprint density at radius 1 is 1.53 bits per heavy atom. The van der Waals surface area contributed by atoms with Crippen molar-refractivity contribution in [3.8, 4) is 12.3 Å². The van der Waals surface area contributed by atoms with Gasteiger partial charge in [-0.3, -0.25) is 4.79 Å². The van der Waals surface area contributed by atoms with Crippen LogP contribution >= 0.6 is 0 Å². The van der Waals surface area contributed by atoms with E-state index in [4.69, 9.17) is 6.42 Å². The Morgan fingerprint density at radius 3 is 2.73 bits per heavy atom. The molecule has 1 aromatic rings. The van der Waals surface area contributed by atoms with Gasteiger partial charge in [-0.05, 0) is 32.9 Å². The molecule has 0 aliphatic rings. The topological polar surface area (TPSA) is 34.0 Å². The minimum atomic E-state index is -0.243. The number of aromatic nitrogens is 1. The smallest absolute Gasteiger partial charge is 0.268 e. The molecule has 1 amide bonds. The summed E-state index contributed by atoms with van der Waals surface area (Å²) in [5, 5.41) is 2.73. The molecule has 1 atom stereocenters. The second kappa shape index (κ2) is 4.70.